The second-order valence-electron chi connectivity index (χ2n) is 4.50. The molecule has 3 nitrogen and oxygen atoms in total. The molecule has 0 bridgehead atoms. The van der Waals surface area contributed by atoms with Crippen LogP contribution in [0.15, 0.2) is 18.2 Å². The van der Waals surface area contributed by atoms with Gasteiger partial charge in [-0.1, -0.05) is 23.8 Å². The van der Waals surface area contributed by atoms with Crippen molar-refractivity contribution in [2.45, 2.75) is 12.8 Å². The van der Waals surface area contributed by atoms with Crippen LogP contribution < -0.4 is 11.1 Å². The van der Waals surface area contributed by atoms with E-state index in [-0.39, 0.29) is 0 Å². The zero-order valence-corrected chi connectivity index (χ0v) is 12.4. The first-order valence-electron chi connectivity index (χ1n) is 5.98. The SMILES string of the molecule is CN(C)CCCCNc1ccc(C(N)=S)c(Cl)c1. The number of benzene rings is 1. The Bertz CT molecular complexity index is 407. The van der Waals surface area contributed by atoms with E-state index in [1.165, 1.54) is 6.42 Å². The van der Waals surface area contributed by atoms with Gasteiger partial charge in [0.2, 0.25) is 0 Å². The fraction of sp³-hybridized carbons (Fsp3) is 0.462. The molecule has 1 aromatic rings. The fourth-order valence-corrected chi connectivity index (χ4v) is 2.13. The highest BCUT2D eigenvalue weighted by Gasteiger charge is 2.03. The van der Waals surface area contributed by atoms with Gasteiger partial charge in [-0.25, -0.2) is 0 Å². The average molecular weight is 286 g/mol. The third kappa shape index (κ3) is 5.21. The van der Waals surface area contributed by atoms with E-state index in [0.29, 0.717) is 10.0 Å². The number of nitrogens with one attached hydrogen (secondary N) is 1. The lowest BCUT2D eigenvalue weighted by Gasteiger charge is -2.11. The van der Waals surface area contributed by atoms with Gasteiger partial charge in [0.05, 0.1) is 5.02 Å². The highest BCUT2D eigenvalue weighted by Crippen LogP contribution is 2.20. The number of anilines is 1. The lowest BCUT2D eigenvalue weighted by molar-refractivity contribution is 0.396. The van der Waals surface area contributed by atoms with Crippen molar-refractivity contribution in [3.05, 3.63) is 28.8 Å². The first-order chi connectivity index (χ1) is 8.50. The summed E-state index contributed by atoms with van der Waals surface area (Å²) in [6, 6.07) is 5.67. The molecular formula is C13H20ClN3S. The van der Waals surface area contributed by atoms with Gasteiger partial charge in [-0.3, -0.25) is 0 Å². The van der Waals surface area contributed by atoms with Crippen molar-refractivity contribution in [3.8, 4) is 0 Å². The van der Waals surface area contributed by atoms with Crippen molar-refractivity contribution in [1.29, 1.82) is 0 Å². The van der Waals surface area contributed by atoms with E-state index in [0.717, 1.165) is 30.8 Å². The topological polar surface area (TPSA) is 41.3 Å². The Labute approximate surface area is 119 Å². The maximum absolute atomic E-state index is 6.09. The third-order valence-electron chi connectivity index (χ3n) is 2.60. The number of nitrogens with two attached hydrogens (primary N) is 1. The zero-order valence-electron chi connectivity index (χ0n) is 10.9. The number of hydrogen-bond acceptors (Lipinski definition) is 3. The highest BCUT2D eigenvalue weighted by molar-refractivity contribution is 7.80. The quantitative estimate of drug-likeness (QED) is 0.597. The lowest BCUT2D eigenvalue weighted by Crippen LogP contribution is -2.14. The van der Waals surface area contributed by atoms with Crippen molar-refractivity contribution in [1.82, 2.24) is 4.90 Å². The van der Waals surface area contributed by atoms with E-state index >= 15 is 0 Å². The third-order valence-corrected chi connectivity index (χ3v) is 3.13. The maximum atomic E-state index is 6.09. The Kier molecular flexibility index (Phi) is 6.39. The minimum Gasteiger partial charge on any atom is -0.389 e. The number of unbranched alkanes of at least 4 members (excludes halogenated alkanes) is 1. The van der Waals surface area contributed by atoms with Crippen molar-refractivity contribution in [2.24, 2.45) is 5.73 Å². The van der Waals surface area contributed by atoms with Crippen LogP contribution in [0, 0.1) is 0 Å². The summed E-state index contributed by atoms with van der Waals surface area (Å²) in [6.07, 6.45) is 2.31. The van der Waals surface area contributed by atoms with Gasteiger partial charge in [-0.05, 0) is 51.7 Å². The van der Waals surface area contributed by atoms with E-state index < -0.39 is 0 Å². The Morgan fingerprint density at radius 2 is 2.11 bits per heavy atom. The van der Waals surface area contributed by atoms with Gasteiger partial charge in [0.15, 0.2) is 0 Å². The molecule has 0 unspecified atom stereocenters. The summed E-state index contributed by atoms with van der Waals surface area (Å²) in [5, 5.41) is 3.94. The molecule has 0 heterocycles. The van der Waals surface area contributed by atoms with E-state index in [2.05, 4.69) is 24.3 Å². The summed E-state index contributed by atoms with van der Waals surface area (Å²) < 4.78 is 0. The van der Waals surface area contributed by atoms with Crippen LogP contribution in [0.2, 0.25) is 5.02 Å². The second kappa shape index (κ2) is 7.56. The molecule has 0 aliphatic carbocycles. The first-order valence-corrected chi connectivity index (χ1v) is 6.77. The molecule has 1 aromatic carbocycles. The van der Waals surface area contributed by atoms with Crippen LogP contribution in [0.5, 0.6) is 0 Å². The van der Waals surface area contributed by atoms with E-state index in [4.69, 9.17) is 29.6 Å². The largest absolute Gasteiger partial charge is 0.389 e. The predicted molar refractivity (Wildman–Crippen MR) is 83.6 cm³/mol. The molecule has 18 heavy (non-hydrogen) atoms. The predicted octanol–water partition coefficient (Wildman–Crippen LogP) is 2.73. The number of nitrogens with zero attached hydrogens (tertiary/aromatic N) is 1. The molecule has 0 aliphatic heterocycles. The monoisotopic (exact) mass is 285 g/mol. The molecule has 0 amide bonds. The second-order valence-corrected chi connectivity index (χ2v) is 5.34. The van der Waals surface area contributed by atoms with Crippen molar-refractivity contribution in [2.75, 3.05) is 32.5 Å². The fourth-order valence-electron chi connectivity index (χ4n) is 1.61. The molecule has 0 radical (unpaired) electrons. The van der Waals surface area contributed by atoms with Gasteiger partial charge in [0, 0.05) is 17.8 Å². The molecule has 0 atom stereocenters. The van der Waals surface area contributed by atoms with Gasteiger partial charge in [0.1, 0.15) is 4.99 Å². The van der Waals surface area contributed by atoms with Crippen molar-refractivity contribution < 1.29 is 0 Å². The maximum Gasteiger partial charge on any atom is 0.105 e. The molecule has 1 rings (SSSR count). The molecule has 0 aliphatic rings. The van der Waals surface area contributed by atoms with Crippen LogP contribution >= 0.6 is 23.8 Å². The van der Waals surface area contributed by atoms with Gasteiger partial charge in [0.25, 0.3) is 0 Å². The normalized spacial score (nSPS) is 10.7. The minimum absolute atomic E-state index is 0.331. The zero-order chi connectivity index (χ0) is 13.5. The smallest absolute Gasteiger partial charge is 0.105 e. The molecule has 3 N–H and O–H groups in total. The Morgan fingerprint density at radius 3 is 2.67 bits per heavy atom. The van der Waals surface area contributed by atoms with Crippen LogP contribution in [-0.4, -0.2) is 37.1 Å². The Morgan fingerprint density at radius 1 is 1.39 bits per heavy atom. The summed E-state index contributed by atoms with van der Waals surface area (Å²) in [4.78, 5) is 2.52. The molecule has 0 saturated carbocycles. The van der Waals surface area contributed by atoms with Crippen LogP contribution in [-0.2, 0) is 0 Å². The standard InChI is InChI=1S/C13H20ClN3S/c1-17(2)8-4-3-7-16-10-5-6-11(13(15)18)12(14)9-10/h5-6,9,16H,3-4,7-8H2,1-2H3,(H2,15,18). The van der Waals surface area contributed by atoms with Gasteiger partial charge in [-0.15, -0.1) is 0 Å². The number of halogens is 1. The molecule has 0 spiro atoms. The van der Waals surface area contributed by atoms with Gasteiger partial charge in [-0.2, -0.15) is 0 Å². The Balaban J connectivity index is 2.39. The Hall–Kier alpha value is -0.840. The van der Waals surface area contributed by atoms with Crippen LogP contribution in [0.25, 0.3) is 0 Å². The van der Waals surface area contributed by atoms with Crippen molar-refractivity contribution >= 4 is 34.5 Å². The van der Waals surface area contributed by atoms with Crippen LogP contribution in [0.1, 0.15) is 18.4 Å². The van der Waals surface area contributed by atoms with Crippen LogP contribution in [0.3, 0.4) is 0 Å². The summed E-state index contributed by atoms with van der Waals surface area (Å²) in [5.74, 6) is 0. The summed E-state index contributed by atoms with van der Waals surface area (Å²) in [6.45, 7) is 2.05. The van der Waals surface area contributed by atoms with Crippen LogP contribution in [0.4, 0.5) is 5.69 Å². The number of thiocarbonyl (C=S) groups is 1. The molecule has 0 saturated heterocycles. The molecule has 0 aromatic heterocycles. The summed E-state index contributed by atoms with van der Waals surface area (Å²) >= 11 is 11.0. The first kappa shape index (κ1) is 15.2. The van der Waals surface area contributed by atoms with E-state index in [9.17, 15) is 0 Å². The highest BCUT2D eigenvalue weighted by atomic mass is 35.5. The number of rotatable bonds is 7. The molecular weight excluding hydrogens is 266 g/mol. The van der Waals surface area contributed by atoms with E-state index in [1.54, 1.807) is 0 Å². The number of hydrogen-bond donors (Lipinski definition) is 2. The average Bonchev–Trinajstić information content (AvgIpc) is 2.27. The van der Waals surface area contributed by atoms with E-state index in [1.807, 2.05) is 18.2 Å². The minimum atomic E-state index is 0.331. The van der Waals surface area contributed by atoms with Gasteiger partial charge >= 0.3 is 0 Å². The molecule has 100 valence electrons. The summed E-state index contributed by atoms with van der Waals surface area (Å²) in [5.41, 5.74) is 7.29. The summed E-state index contributed by atoms with van der Waals surface area (Å²) in [7, 11) is 4.17. The van der Waals surface area contributed by atoms with Gasteiger partial charge < -0.3 is 16.0 Å². The lowest BCUT2D eigenvalue weighted by atomic mass is 10.2. The van der Waals surface area contributed by atoms with Crippen molar-refractivity contribution in [3.63, 3.8) is 0 Å². The molecule has 5 heteroatoms. The molecule has 0 fully saturated rings.